The lowest BCUT2D eigenvalue weighted by atomic mass is 9.89. The van der Waals surface area contributed by atoms with Gasteiger partial charge in [-0.15, -0.1) is 0 Å². The number of amides is 1. The van der Waals surface area contributed by atoms with E-state index in [0.717, 1.165) is 52.0 Å². The Balaban J connectivity index is 1.27. The van der Waals surface area contributed by atoms with E-state index in [1.165, 1.54) is 5.56 Å². The molecule has 0 aliphatic carbocycles. The van der Waals surface area contributed by atoms with Crippen LogP contribution in [-0.2, 0) is 0 Å². The summed E-state index contributed by atoms with van der Waals surface area (Å²) in [5.41, 5.74) is 1.84. The average Bonchev–Trinajstić information content (AvgIpc) is 3.19. The minimum atomic E-state index is -0.174. The quantitative estimate of drug-likeness (QED) is 0.636. The molecule has 0 spiro atoms. The van der Waals surface area contributed by atoms with Gasteiger partial charge in [0.1, 0.15) is 5.82 Å². The van der Waals surface area contributed by atoms with Gasteiger partial charge in [0.2, 0.25) is 0 Å². The molecule has 0 bridgehead atoms. The molecule has 4 rings (SSSR count). The number of hydrogen-bond donors (Lipinski definition) is 0. The molecule has 3 nitrogen and oxygen atoms in total. The number of nitrogens with zero attached hydrogens (tertiary/aromatic N) is 2. The number of carbonyl (C=O) groups is 1. The molecule has 1 atom stereocenters. The lowest BCUT2D eigenvalue weighted by Gasteiger charge is -2.33. The largest absolute Gasteiger partial charge is 0.338 e. The summed E-state index contributed by atoms with van der Waals surface area (Å²) in [6.07, 6.45) is 3.24. The summed E-state index contributed by atoms with van der Waals surface area (Å²) >= 11 is 12.0. The summed E-state index contributed by atoms with van der Waals surface area (Å²) in [5, 5.41) is 0.879. The van der Waals surface area contributed by atoms with Gasteiger partial charge in [0.15, 0.2) is 0 Å². The van der Waals surface area contributed by atoms with Crippen molar-refractivity contribution in [3.05, 3.63) is 69.5 Å². The van der Waals surface area contributed by atoms with Crippen LogP contribution in [0.5, 0.6) is 0 Å². The summed E-state index contributed by atoms with van der Waals surface area (Å²) < 4.78 is 13.1. The number of halogens is 3. The van der Waals surface area contributed by atoms with Gasteiger partial charge in [-0.2, -0.15) is 0 Å². The molecule has 6 heteroatoms. The zero-order valence-electron chi connectivity index (χ0n) is 16.3. The zero-order chi connectivity index (χ0) is 20.4. The highest BCUT2D eigenvalue weighted by Gasteiger charge is 2.30. The third-order valence-corrected chi connectivity index (χ3v) is 6.92. The lowest BCUT2D eigenvalue weighted by molar-refractivity contribution is 0.0782. The van der Waals surface area contributed by atoms with E-state index in [0.29, 0.717) is 27.4 Å². The standard InChI is InChI=1S/C23H25Cl2FN2O/c24-21-6-3-19(13-22(21)25)23(29)28-12-7-16(15-28)14-27-10-8-18(9-11-27)17-1-4-20(26)5-2-17/h1-6,13,16,18H,7-12,14-15H2/t16-/m1/s1. The Morgan fingerprint density at radius 1 is 0.966 bits per heavy atom. The maximum atomic E-state index is 13.1. The number of benzene rings is 2. The predicted octanol–water partition coefficient (Wildman–Crippen LogP) is 5.47. The minimum Gasteiger partial charge on any atom is -0.338 e. The van der Waals surface area contributed by atoms with Crippen LogP contribution in [0.4, 0.5) is 4.39 Å². The molecule has 0 saturated carbocycles. The Morgan fingerprint density at radius 2 is 1.69 bits per heavy atom. The first-order valence-corrected chi connectivity index (χ1v) is 11.0. The van der Waals surface area contributed by atoms with E-state index in [1.54, 1.807) is 30.3 Å². The molecule has 1 amide bonds. The first-order chi connectivity index (χ1) is 14.0. The third-order valence-electron chi connectivity index (χ3n) is 6.19. The van der Waals surface area contributed by atoms with Crippen molar-refractivity contribution >= 4 is 29.1 Å². The van der Waals surface area contributed by atoms with E-state index in [-0.39, 0.29) is 11.7 Å². The molecule has 0 radical (unpaired) electrons. The van der Waals surface area contributed by atoms with E-state index in [2.05, 4.69) is 4.90 Å². The zero-order valence-corrected chi connectivity index (χ0v) is 17.8. The average molecular weight is 435 g/mol. The van der Waals surface area contributed by atoms with Crippen LogP contribution in [0.1, 0.15) is 41.1 Å². The van der Waals surface area contributed by atoms with Crippen LogP contribution in [0.2, 0.25) is 10.0 Å². The van der Waals surface area contributed by atoms with Crippen molar-refractivity contribution in [2.45, 2.75) is 25.2 Å². The van der Waals surface area contributed by atoms with Gasteiger partial charge < -0.3 is 9.80 Å². The summed E-state index contributed by atoms with van der Waals surface area (Å²) in [5.74, 6) is 0.876. The van der Waals surface area contributed by atoms with Gasteiger partial charge in [-0.1, -0.05) is 35.3 Å². The highest BCUT2D eigenvalue weighted by atomic mass is 35.5. The van der Waals surface area contributed by atoms with Crippen molar-refractivity contribution in [1.82, 2.24) is 9.80 Å². The normalized spacial score (nSPS) is 20.9. The topological polar surface area (TPSA) is 23.6 Å². The number of rotatable bonds is 4. The molecule has 0 N–H and O–H groups in total. The van der Waals surface area contributed by atoms with Crippen LogP contribution in [0, 0.1) is 11.7 Å². The Labute approximate surface area is 181 Å². The van der Waals surface area contributed by atoms with Crippen molar-refractivity contribution < 1.29 is 9.18 Å². The molecule has 2 aliphatic heterocycles. The number of carbonyl (C=O) groups excluding carboxylic acids is 1. The number of hydrogen-bond acceptors (Lipinski definition) is 2. The highest BCUT2D eigenvalue weighted by molar-refractivity contribution is 6.42. The smallest absolute Gasteiger partial charge is 0.253 e. The predicted molar refractivity (Wildman–Crippen MR) is 115 cm³/mol. The summed E-state index contributed by atoms with van der Waals surface area (Å²) in [6, 6.07) is 12.0. The molecular formula is C23H25Cl2FN2O. The Hall–Kier alpha value is -1.62. The SMILES string of the molecule is O=C(c1ccc(Cl)c(Cl)c1)N1CC[C@H](CN2CCC(c3ccc(F)cc3)CC2)C1. The van der Waals surface area contributed by atoms with Crippen LogP contribution >= 0.6 is 23.2 Å². The van der Waals surface area contributed by atoms with Gasteiger partial charge in [-0.25, -0.2) is 4.39 Å². The molecule has 154 valence electrons. The van der Waals surface area contributed by atoms with Crippen LogP contribution in [0.15, 0.2) is 42.5 Å². The van der Waals surface area contributed by atoms with E-state index >= 15 is 0 Å². The third kappa shape index (κ3) is 4.93. The first-order valence-electron chi connectivity index (χ1n) is 10.2. The van der Waals surface area contributed by atoms with Crippen LogP contribution in [0.25, 0.3) is 0 Å². The van der Waals surface area contributed by atoms with E-state index < -0.39 is 0 Å². The second-order valence-corrected chi connectivity index (χ2v) is 8.98. The van der Waals surface area contributed by atoms with Crippen molar-refractivity contribution in [2.75, 3.05) is 32.7 Å². The molecule has 2 aromatic carbocycles. The fourth-order valence-corrected chi connectivity index (χ4v) is 4.82. The van der Waals surface area contributed by atoms with Crippen molar-refractivity contribution in [3.63, 3.8) is 0 Å². The molecule has 0 aromatic heterocycles. The Morgan fingerprint density at radius 3 is 2.38 bits per heavy atom. The van der Waals surface area contributed by atoms with E-state index in [1.807, 2.05) is 17.0 Å². The Bertz CT molecular complexity index is 866. The molecule has 2 aliphatic rings. The van der Waals surface area contributed by atoms with Gasteiger partial charge in [0.05, 0.1) is 10.0 Å². The lowest BCUT2D eigenvalue weighted by Crippen LogP contribution is -2.37. The van der Waals surface area contributed by atoms with Crippen molar-refractivity contribution in [1.29, 1.82) is 0 Å². The van der Waals surface area contributed by atoms with Gasteiger partial charge in [0, 0.05) is 25.2 Å². The van der Waals surface area contributed by atoms with Crippen molar-refractivity contribution in [2.24, 2.45) is 5.92 Å². The monoisotopic (exact) mass is 434 g/mol. The molecule has 29 heavy (non-hydrogen) atoms. The van der Waals surface area contributed by atoms with Crippen molar-refractivity contribution in [3.8, 4) is 0 Å². The number of piperidine rings is 1. The van der Waals surface area contributed by atoms with E-state index in [9.17, 15) is 9.18 Å². The van der Waals surface area contributed by atoms with Gasteiger partial charge >= 0.3 is 0 Å². The van der Waals surface area contributed by atoms with Crippen LogP contribution in [0.3, 0.4) is 0 Å². The fraction of sp³-hybridized carbons (Fsp3) is 0.435. The van der Waals surface area contributed by atoms with Gasteiger partial charge in [-0.05, 0) is 80.1 Å². The Kier molecular flexibility index (Phi) is 6.43. The summed E-state index contributed by atoms with van der Waals surface area (Å²) in [7, 11) is 0. The maximum absolute atomic E-state index is 13.1. The number of likely N-dealkylation sites (tertiary alicyclic amines) is 2. The first kappa shape index (κ1) is 20.6. The molecule has 2 saturated heterocycles. The fourth-order valence-electron chi connectivity index (χ4n) is 4.53. The molecule has 0 unspecified atom stereocenters. The van der Waals surface area contributed by atoms with Crippen LogP contribution < -0.4 is 0 Å². The highest BCUT2D eigenvalue weighted by Crippen LogP contribution is 2.30. The van der Waals surface area contributed by atoms with E-state index in [4.69, 9.17) is 23.2 Å². The van der Waals surface area contributed by atoms with Crippen LogP contribution in [-0.4, -0.2) is 48.4 Å². The molecular weight excluding hydrogens is 410 g/mol. The second kappa shape index (κ2) is 9.03. The molecule has 2 fully saturated rings. The summed E-state index contributed by atoms with van der Waals surface area (Å²) in [6.45, 7) is 4.71. The second-order valence-electron chi connectivity index (χ2n) is 8.16. The maximum Gasteiger partial charge on any atom is 0.253 e. The molecule has 2 aromatic rings. The van der Waals surface area contributed by atoms with Gasteiger partial charge in [-0.3, -0.25) is 4.79 Å². The molecule has 2 heterocycles. The summed E-state index contributed by atoms with van der Waals surface area (Å²) in [4.78, 5) is 17.2. The van der Waals surface area contributed by atoms with Gasteiger partial charge in [0.25, 0.3) is 5.91 Å². The minimum absolute atomic E-state index is 0.0288.